The number of alkyl halides is 1. The van der Waals surface area contributed by atoms with Crippen LogP contribution >= 0.6 is 11.6 Å². The monoisotopic (exact) mass is 309 g/mol. The fourth-order valence-electron chi connectivity index (χ4n) is 3.21. The lowest BCUT2D eigenvalue weighted by atomic mass is 9.77. The van der Waals surface area contributed by atoms with Crippen LogP contribution in [0.4, 0.5) is 0 Å². The molecule has 1 saturated carbocycles. The van der Waals surface area contributed by atoms with Crippen LogP contribution in [-0.4, -0.2) is 27.5 Å². The molecule has 1 heterocycles. The van der Waals surface area contributed by atoms with Crippen LogP contribution in [-0.2, 0) is 6.42 Å². The molecule has 0 aromatic carbocycles. The first-order valence-electron chi connectivity index (χ1n) is 7.71. The standard InChI is InChI=1S/C16H24ClN3O/c1-4-14-13(8-12(3)19-20-14)15(21)18-16(10-17)7-5-6-11(2)9-16/h8,11H,4-7,9-10H2,1-3H3,(H,18,21). The third-order valence-electron chi connectivity index (χ3n) is 4.30. The lowest BCUT2D eigenvalue weighted by Crippen LogP contribution is -2.52. The highest BCUT2D eigenvalue weighted by molar-refractivity contribution is 6.19. The van der Waals surface area contributed by atoms with Crippen LogP contribution in [0.25, 0.3) is 0 Å². The zero-order valence-corrected chi connectivity index (χ0v) is 13.8. The van der Waals surface area contributed by atoms with Crippen molar-refractivity contribution in [1.82, 2.24) is 15.5 Å². The van der Waals surface area contributed by atoms with Gasteiger partial charge in [-0.05, 0) is 38.2 Å². The molecular formula is C16H24ClN3O. The van der Waals surface area contributed by atoms with E-state index >= 15 is 0 Å². The Balaban J connectivity index is 2.22. The summed E-state index contributed by atoms with van der Waals surface area (Å²) in [6.45, 7) is 6.06. The van der Waals surface area contributed by atoms with Crippen LogP contribution in [0.2, 0.25) is 0 Å². The Kier molecular flexibility index (Phi) is 5.20. The Hall–Kier alpha value is -1.16. The highest BCUT2D eigenvalue weighted by Crippen LogP contribution is 2.33. The van der Waals surface area contributed by atoms with Gasteiger partial charge in [0.25, 0.3) is 5.91 Å². The van der Waals surface area contributed by atoms with Gasteiger partial charge in [-0.15, -0.1) is 11.6 Å². The zero-order chi connectivity index (χ0) is 15.5. The molecule has 1 aromatic rings. The predicted octanol–water partition coefficient (Wildman–Crippen LogP) is 3.26. The van der Waals surface area contributed by atoms with Crippen molar-refractivity contribution in [3.63, 3.8) is 0 Å². The smallest absolute Gasteiger partial charge is 0.253 e. The number of aromatic nitrogens is 2. The molecule has 0 spiro atoms. The van der Waals surface area contributed by atoms with Crippen LogP contribution in [0.1, 0.15) is 61.3 Å². The first-order valence-corrected chi connectivity index (χ1v) is 8.25. The Morgan fingerprint density at radius 2 is 2.29 bits per heavy atom. The second-order valence-electron chi connectivity index (χ2n) is 6.27. The number of hydrogen-bond donors (Lipinski definition) is 1. The Morgan fingerprint density at radius 1 is 1.52 bits per heavy atom. The molecule has 4 nitrogen and oxygen atoms in total. The summed E-state index contributed by atoms with van der Waals surface area (Å²) in [4.78, 5) is 12.7. The highest BCUT2D eigenvalue weighted by atomic mass is 35.5. The Morgan fingerprint density at radius 3 is 2.90 bits per heavy atom. The van der Waals surface area contributed by atoms with Gasteiger partial charge >= 0.3 is 0 Å². The summed E-state index contributed by atoms with van der Waals surface area (Å²) in [5.41, 5.74) is 1.85. The van der Waals surface area contributed by atoms with E-state index in [1.807, 2.05) is 19.9 Å². The van der Waals surface area contributed by atoms with Crippen molar-refractivity contribution in [3.8, 4) is 0 Å². The summed E-state index contributed by atoms with van der Waals surface area (Å²) >= 11 is 6.20. The number of halogens is 1. The van der Waals surface area contributed by atoms with Crippen LogP contribution in [0.3, 0.4) is 0 Å². The maximum atomic E-state index is 12.7. The number of carbonyl (C=O) groups is 1. The molecule has 0 saturated heterocycles. The van der Waals surface area contributed by atoms with E-state index in [9.17, 15) is 4.79 Å². The third-order valence-corrected chi connectivity index (χ3v) is 4.81. The van der Waals surface area contributed by atoms with Crippen LogP contribution < -0.4 is 5.32 Å². The number of nitrogens with zero attached hydrogens (tertiary/aromatic N) is 2. The zero-order valence-electron chi connectivity index (χ0n) is 13.1. The SMILES string of the molecule is CCc1nnc(C)cc1C(=O)NC1(CCl)CCCC(C)C1. The van der Waals surface area contributed by atoms with Crippen LogP contribution in [0, 0.1) is 12.8 Å². The first-order chi connectivity index (χ1) is 9.99. The summed E-state index contributed by atoms with van der Waals surface area (Å²) in [5, 5.41) is 11.4. The van der Waals surface area contributed by atoms with E-state index in [-0.39, 0.29) is 11.4 Å². The molecule has 2 atom stereocenters. The number of nitrogens with one attached hydrogen (secondary N) is 1. The molecule has 5 heteroatoms. The maximum absolute atomic E-state index is 12.7. The van der Waals surface area contributed by atoms with E-state index in [1.54, 1.807) is 0 Å². The fourth-order valence-corrected chi connectivity index (χ4v) is 3.52. The Bertz CT molecular complexity index is 520. The molecule has 116 valence electrons. The minimum absolute atomic E-state index is 0.0698. The average molecular weight is 310 g/mol. The molecule has 1 aliphatic rings. The van der Waals surface area contributed by atoms with Crippen LogP contribution in [0.5, 0.6) is 0 Å². The normalized spacial score (nSPS) is 25.6. The molecular weight excluding hydrogens is 286 g/mol. The van der Waals surface area contributed by atoms with Gasteiger partial charge in [0, 0.05) is 5.88 Å². The molecule has 1 amide bonds. The maximum Gasteiger partial charge on any atom is 0.253 e. The highest BCUT2D eigenvalue weighted by Gasteiger charge is 2.36. The lowest BCUT2D eigenvalue weighted by molar-refractivity contribution is 0.0865. The van der Waals surface area contributed by atoms with Crippen molar-refractivity contribution in [2.45, 2.75) is 58.4 Å². The van der Waals surface area contributed by atoms with E-state index in [0.717, 1.165) is 30.7 Å². The average Bonchev–Trinajstić information content (AvgIpc) is 2.47. The molecule has 1 N–H and O–H groups in total. The summed E-state index contributed by atoms with van der Waals surface area (Å²) in [7, 11) is 0. The van der Waals surface area contributed by atoms with Crippen molar-refractivity contribution in [1.29, 1.82) is 0 Å². The van der Waals surface area contributed by atoms with Gasteiger partial charge < -0.3 is 5.32 Å². The topological polar surface area (TPSA) is 54.9 Å². The molecule has 0 radical (unpaired) electrons. The molecule has 1 aromatic heterocycles. The summed E-state index contributed by atoms with van der Waals surface area (Å²) in [6.07, 6.45) is 4.92. The summed E-state index contributed by atoms with van der Waals surface area (Å²) < 4.78 is 0. The first kappa shape index (κ1) is 16.2. The van der Waals surface area contributed by atoms with Crippen molar-refractivity contribution in [3.05, 3.63) is 23.0 Å². The predicted molar refractivity (Wildman–Crippen MR) is 84.7 cm³/mol. The molecule has 1 aliphatic carbocycles. The number of rotatable bonds is 4. The number of amides is 1. The second kappa shape index (κ2) is 6.73. The molecule has 21 heavy (non-hydrogen) atoms. The lowest BCUT2D eigenvalue weighted by Gasteiger charge is -2.39. The minimum Gasteiger partial charge on any atom is -0.345 e. The summed E-state index contributed by atoms with van der Waals surface area (Å²) in [5.74, 6) is 0.988. The fraction of sp³-hybridized carbons (Fsp3) is 0.688. The second-order valence-corrected chi connectivity index (χ2v) is 6.54. The largest absolute Gasteiger partial charge is 0.345 e. The van der Waals surface area contributed by atoms with Crippen LogP contribution in [0.15, 0.2) is 6.07 Å². The van der Waals surface area contributed by atoms with Crippen molar-refractivity contribution < 1.29 is 4.79 Å². The molecule has 1 fully saturated rings. The number of hydrogen-bond acceptors (Lipinski definition) is 3. The molecule has 2 rings (SSSR count). The minimum atomic E-state index is -0.279. The van der Waals surface area contributed by atoms with E-state index in [0.29, 0.717) is 23.8 Å². The van der Waals surface area contributed by atoms with E-state index in [4.69, 9.17) is 11.6 Å². The van der Waals surface area contributed by atoms with Crippen molar-refractivity contribution >= 4 is 17.5 Å². The van der Waals surface area contributed by atoms with Gasteiger partial charge in [0.1, 0.15) is 0 Å². The van der Waals surface area contributed by atoms with Gasteiger partial charge in [-0.2, -0.15) is 10.2 Å². The summed E-state index contributed by atoms with van der Waals surface area (Å²) in [6, 6.07) is 1.81. The van der Waals surface area contributed by atoms with E-state index in [1.165, 1.54) is 6.42 Å². The van der Waals surface area contributed by atoms with Gasteiger partial charge in [-0.25, -0.2) is 0 Å². The molecule has 0 bridgehead atoms. The van der Waals surface area contributed by atoms with Gasteiger partial charge in [-0.3, -0.25) is 4.79 Å². The number of carbonyl (C=O) groups excluding carboxylic acids is 1. The third kappa shape index (κ3) is 3.73. The quantitative estimate of drug-likeness (QED) is 0.869. The van der Waals surface area contributed by atoms with Gasteiger partial charge in [0.05, 0.1) is 22.5 Å². The van der Waals surface area contributed by atoms with E-state index < -0.39 is 0 Å². The van der Waals surface area contributed by atoms with Crippen molar-refractivity contribution in [2.24, 2.45) is 5.92 Å². The van der Waals surface area contributed by atoms with Gasteiger partial charge in [0.2, 0.25) is 0 Å². The molecule has 2 unspecified atom stereocenters. The van der Waals surface area contributed by atoms with Gasteiger partial charge in [0.15, 0.2) is 0 Å². The number of aryl methyl sites for hydroxylation is 2. The van der Waals surface area contributed by atoms with Gasteiger partial charge in [-0.1, -0.05) is 26.7 Å². The van der Waals surface area contributed by atoms with Crippen molar-refractivity contribution in [2.75, 3.05) is 5.88 Å². The Labute approximate surface area is 131 Å². The molecule has 0 aliphatic heterocycles. The van der Waals surface area contributed by atoms with E-state index in [2.05, 4.69) is 22.4 Å².